The van der Waals surface area contributed by atoms with Crippen LogP contribution in [0.2, 0.25) is 0 Å². The summed E-state index contributed by atoms with van der Waals surface area (Å²) >= 11 is 1.51. The smallest absolute Gasteiger partial charge is 0.371 e. The van der Waals surface area contributed by atoms with Crippen LogP contribution in [0.25, 0.3) is 0 Å². The molecule has 1 atom stereocenters. The summed E-state index contributed by atoms with van der Waals surface area (Å²) in [6, 6.07) is 7.40. The van der Waals surface area contributed by atoms with Gasteiger partial charge in [-0.3, -0.25) is 4.72 Å². The van der Waals surface area contributed by atoms with Gasteiger partial charge in [-0.1, -0.05) is 6.92 Å². The number of halogens is 3. The van der Waals surface area contributed by atoms with Crippen LogP contribution in [0, 0.1) is 12.8 Å². The SMILES string of the molecule is CNSc1ccc(Nc2cc(N3CCCC(C)C3)c(C(F)(F)F)cn2)c(C)c1. The van der Waals surface area contributed by atoms with Crippen LogP contribution in [0.5, 0.6) is 0 Å². The summed E-state index contributed by atoms with van der Waals surface area (Å²) in [6.45, 7) is 5.29. The van der Waals surface area contributed by atoms with Crippen LogP contribution < -0.4 is 14.9 Å². The summed E-state index contributed by atoms with van der Waals surface area (Å²) in [6.07, 6.45) is -1.54. The van der Waals surface area contributed by atoms with Crippen LogP contribution in [0.3, 0.4) is 0 Å². The number of anilines is 3. The molecule has 8 heteroatoms. The monoisotopic (exact) mass is 410 g/mol. The summed E-state index contributed by atoms with van der Waals surface area (Å²) in [4.78, 5) is 6.94. The number of piperidine rings is 1. The third-order valence-corrected chi connectivity index (χ3v) is 5.56. The maximum absolute atomic E-state index is 13.5. The van der Waals surface area contributed by atoms with Crippen molar-refractivity contribution in [3.63, 3.8) is 0 Å². The van der Waals surface area contributed by atoms with E-state index in [1.54, 1.807) is 0 Å². The molecule has 4 nitrogen and oxygen atoms in total. The lowest BCUT2D eigenvalue weighted by molar-refractivity contribution is -0.137. The van der Waals surface area contributed by atoms with Crippen molar-refractivity contribution in [1.82, 2.24) is 9.71 Å². The van der Waals surface area contributed by atoms with Crippen LogP contribution in [-0.4, -0.2) is 25.1 Å². The number of nitrogens with one attached hydrogen (secondary N) is 2. The standard InChI is InChI=1S/C20H25F3N4S/c1-13-5-4-8-27(12-13)18-10-19(25-11-16(18)20(21,22)23)26-17-7-6-15(28-24-3)9-14(17)2/h6-7,9-11,13,24H,4-5,8,12H2,1-3H3,(H,25,26). The highest BCUT2D eigenvalue weighted by atomic mass is 32.2. The van der Waals surface area contributed by atoms with Gasteiger partial charge < -0.3 is 10.2 Å². The number of aryl methyl sites for hydroxylation is 1. The topological polar surface area (TPSA) is 40.2 Å². The zero-order chi connectivity index (χ0) is 20.3. The molecule has 1 aromatic carbocycles. The second-order valence-corrected chi connectivity index (χ2v) is 8.27. The molecule has 1 saturated heterocycles. The molecule has 0 saturated carbocycles. The fourth-order valence-electron chi connectivity index (χ4n) is 3.50. The van der Waals surface area contributed by atoms with E-state index >= 15 is 0 Å². The number of hydrogen-bond donors (Lipinski definition) is 2. The molecule has 1 fully saturated rings. The molecule has 2 N–H and O–H groups in total. The Morgan fingerprint density at radius 1 is 1.25 bits per heavy atom. The maximum atomic E-state index is 13.5. The molecule has 152 valence electrons. The van der Waals surface area contributed by atoms with Gasteiger partial charge in [-0.15, -0.1) is 0 Å². The second-order valence-electron chi connectivity index (χ2n) is 7.19. The molecular weight excluding hydrogens is 385 g/mol. The first-order valence-electron chi connectivity index (χ1n) is 9.31. The number of nitrogens with zero attached hydrogens (tertiary/aromatic N) is 2. The highest BCUT2D eigenvalue weighted by Crippen LogP contribution is 2.39. The van der Waals surface area contributed by atoms with Crippen molar-refractivity contribution >= 4 is 29.1 Å². The van der Waals surface area contributed by atoms with Gasteiger partial charge in [0, 0.05) is 35.9 Å². The maximum Gasteiger partial charge on any atom is 0.419 e. The van der Waals surface area contributed by atoms with Crippen molar-refractivity contribution in [1.29, 1.82) is 0 Å². The lowest BCUT2D eigenvalue weighted by atomic mass is 9.99. The van der Waals surface area contributed by atoms with Crippen LogP contribution in [-0.2, 0) is 6.18 Å². The van der Waals surface area contributed by atoms with Gasteiger partial charge in [0.25, 0.3) is 0 Å². The number of pyridine rings is 1. The van der Waals surface area contributed by atoms with Crippen LogP contribution >= 0.6 is 11.9 Å². The summed E-state index contributed by atoms with van der Waals surface area (Å²) in [5.74, 6) is 0.789. The van der Waals surface area contributed by atoms with E-state index in [2.05, 4.69) is 21.9 Å². The predicted molar refractivity (Wildman–Crippen MR) is 109 cm³/mol. The van der Waals surface area contributed by atoms with Gasteiger partial charge in [-0.05, 0) is 68.4 Å². The minimum atomic E-state index is -4.43. The molecule has 2 heterocycles. The molecule has 3 rings (SSSR count). The van der Waals surface area contributed by atoms with E-state index in [9.17, 15) is 13.2 Å². The molecule has 1 aliphatic rings. The van der Waals surface area contributed by atoms with E-state index in [4.69, 9.17) is 0 Å². The van der Waals surface area contributed by atoms with E-state index in [-0.39, 0.29) is 5.69 Å². The third-order valence-electron chi connectivity index (χ3n) is 4.87. The fourth-order valence-corrected chi connectivity index (χ4v) is 4.10. The van der Waals surface area contributed by atoms with Crippen molar-refractivity contribution in [2.45, 2.75) is 37.8 Å². The van der Waals surface area contributed by atoms with E-state index in [1.165, 1.54) is 18.0 Å². The van der Waals surface area contributed by atoms with E-state index in [1.807, 2.05) is 37.1 Å². The first-order valence-corrected chi connectivity index (χ1v) is 10.1. The average molecular weight is 411 g/mol. The largest absolute Gasteiger partial charge is 0.419 e. The van der Waals surface area contributed by atoms with Crippen molar-refractivity contribution in [2.24, 2.45) is 5.92 Å². The molecule has 1 aromatic heterocycles. The molecule has 0 aliphatic carbocycles. The molecule has 2 aromatic rings. The lowest BCUT2D eigenvalue weighted by Crippen LogP contribution is -2.35. The summed E-state index contributed by atoms with van der Waals surface area (Å²) < 4.78 is 43.7. The lowest BCUT2D eigenvalue weighted by Gasteiger charge is -2.34. The van der Waals surface area contributed by atoms with E-state index in [0.29, 0.717) is 24.8 Å². The summed E-state index contributed by atoms with van der Waals surface area (Å²) in [5.41, 5.74) is 1.35. The Morgan fingerprint density at radius 2 is 2.04 bits per heavy atom. The molecule has 1 aliphatic heterocycles. The number of aromatic nitrogens is 1. The number of rotatable bonds is 5. The Hall–Kier alpha value is -1.93. The normalized spacial score (nSPS) is 17.6. The minimum absolute atomic E-state index is 0.205. The van der Waals surface area contributed by atoms with Gasteiger partial charge in [0.05, 0.1) is 11.3 Å². The Balaban J connectivity index is 1.91. The Kier molecular flexibility index (Phi) is 6.40. The van der Waals surface area contributed by atoms with Gasteiger partial charge in [0.2, 0.25) is 0 Å². The molecule has 28 heavy (non-hydrogen) atoms. The zero-order valence-electron chi connectivity index (χ0n) is 16.2. The Morgan fingerprint density at radius 3 is 2.68 bits per heavy atom. The second kappa shape index (κ2) is 8.61. The Bertz CT molecular complexity index is 826. The Labute approximate surface area is 168 Å². The highest BCUT2D eigenvalue weighted by molar-refractivity contribution is 7.97. The predicted octanol–water partition coefficient (Wildman–Crippen LogP) is 5.62. The minimum Gasteiger partial charge on any atom is -0.371 e. The van der Waals surface area contributed by atoms with Gasteiger partial charge >= 0.3 is 6.18 Å². The van der Waals surface area contributed by atoms with Gasteiger partial charge in [0.1, 0.15) is 5.82 Å². The first kappa shape index (κ1) is 20.8. The van der Waals surface area contributed by atoms with Crippen molar-refractivity contribution in [3.8, 4) is 0 Å². The molecule has 0 radical (unpaired) electrons. The third kappa shape index (κ3) is 4.91. The molecule has 0 amide bonds. The van der Waals surface area contributed by atoms with E-state index < -0.39 is 11.7 Å². The highest BCUT2D eigenvalue weighted by Gasteiger charge is 2.36. The molecular formula is C20H25F3N4S. The van der Waals surface area contributed by atoms with Gasteiger partial charge in [-0.2, -0.15) is 13.2 Å². The van der Waals surface area contributed by atoms with Crippen LogP contribution in [0.4, 0.5) is 30.4 Å². The van der Waals surface area contributed by atoms with Crippen LogP contribution in [0.15, 0.2) is 35.4 Å². The molecule has 1 unspecified atom stereocenters. The summed E-state index contributed by atoms with van der Waals surface area (Å²) in [5, 5.41) is 3.18. The average Bonchev–Trinajstić information content (AvgIpc) is 2.63. The molecule has 0 spiro atoms. The van der Waals surface area contributed by atoms with Crippen LogP contribution in [0.1, 0.15) is 30.9 Å². The quantitative estimate of drug-likeness (QED) is 0.627. The summed E-state index contributed by atoms with van der Waals surface area (Å²) in [7, 11) is 1.85. The number of alkyl halides is 3. The number of benzene rings is 1. The van der Waals surface area contributed by atoms with E-state index in [0.717, 1.165) is 35.2 Å². The zero-order valence-corrected chi connectivity index (χ0v) is 17.0. The van der Waals surface area contributed by atoms with Crippen molar-refractivity contribution in [3.05, 3.63) is 41.6 Å². The molecule has 0 bridgehead atoms. The fraction of sp³-hybridized carbons (Fsp3) is 0.450. The number of hydrogen-bond acceptors (Lipinski definition) is 5. The van der Waals surface area contributed by atoms with Crippen molar-refractivity contribution < 1.29 is 13.2 Å². The van der Waals surface area contributed by atoms with Gasteiger partial charge in [0.15, 0.2) is 0 Å². The van der Waals surface area contributed by atoms with Crippen molar-refractivity contribution in [2.75, 3.05) is 30.4 Å². The van der Waals surface area contributed by atoms with Gasteiger partial charge in [-0.25, -0.2) is 4.98 Å². The first-order chi connectivity index (χ1) is 13.3.